The lowest BCUT2D eigenvalue weighted by atomic mass is 10.1. The standard InChI is InChI=1S/C19H18Cl2N4OS/c1-3-25-18(13-9-7-12(2)8-10-13)23-24-19(25)27-11-16(26)22-17-14(20)5-4-6-15(17)21/h4-10H,3,11H2,1-2H3,(H,22,26). The highest BCUT2D eigenvalue weighted by Gasteiger charge is 2.15. The molecule has 1 N–H and O–H groups in total. The molecule has 2 aromatic carbocycles. The van der Waals surface area contributed by atoms with Gasteiger partial charge in [-0.2, -0.15) is 0 Å². The summed E-state index contributed by atoms with van der Waals surface area (Å²) in [5.74, 6) is 0.750. The molecule has 1 heterocycles. The van der Waals surface area contributed by atoms with Crippen LogP contribution in [0, 0.1) is 6.92 Å². The van der Waals surface area contributed by atoms with E-state index in [1.54, 1.807) is 18.2 Å². The Bertz CT molecular complexity index is 937. The van der Waals surface area contributed by atoms with Crippen molar-refractivity contribution in [3.63, 3.8) is 0 Å². The van der Waals surface area contributed by atoms with E-state index < -0.39 is 0 Å². The average Bonchev–Trinajstić information content (AvgIpc) is 3.06. The number of nitrogens with one attached hydrogen (secondary N) is 1. The van der Waals surface area contributed by atoms with Gasteiger partial charge < -0.3 is 9.88 Å². The van der Waals surface area contributed by atoms with Crippen molar-refractivity contribution in [2.45, 2.75) is 25.5 Å². The topological polar surface area (TPSA) is 59.8 Å². The lowest BCUT2D eigenvalue weighted by Gasteiger charge is -2.10. The van der Waals surface area contributed by atoms with Gasteiger partial charge in [-0.3, -0.25) is 4.79 Å². The molecule has 0 aliphatic carbocycles. The average molecular weight is 421 g/mol. The second-order valence-corrected chi connectivity index (χ2v) is 7.61. The monoisotopic (exact) mass is 420 g/mol. The lowest BCUT2D eigenvalue weighted by molar-refractivity contribution is -0.113. The van der Waals surface area contributed by atoms with Gasteiger partial charge in [0.1, 0.15) is 0 Å². The molecule has 3 rings (SSSR count). The zero-order valence-corrected chi connectivity index (χ0v) is 17.2. The van der Waals surface area contributed by atoms with Crippen LogP contribution in [-0.4, -0.2) is 26.4 Å². The highest BCUT2D eigenvalue weighted by molar-refractivity contribution is 7.99. The summed E-state index contributed by atoms with van der Waals surface area (Å²) in [6, 6.07) is 13.2. The van der Waals surface area contributed by atoms with Gasteiger partial charge >= 0.3 is 0 Å². The summed E-state index contributed by atoms with van der Waals surface area (Å²) in [4.78, 5) is 12.3. The number of rotatable bonds is 6. The summed E-state index contributed by atoms with van der Waals surface area (Å²) in [6.45, 7) is 4.77. The van der Waals surface area contributed by atoms with E-state index in [0.29, 0.717) is 27.4 Å². The number of hydrogen-bond donors (Lipinski definition) is 1. The normalized spacial score (nSPS) is 10.8. The Kier molecular flexibility index (Phi) is 6.42. The summed E-state index contributed by atoms with van der Waals surface area (Å²) in [5.41, 5.74) is 2.60. The largest absolute Gasteiger partial charge is 0.323 e. The van der Waals surface area contributed by atoms with Gasteiger partial charge in [-0.1, -0.05) is 70.9 Å². The van der Waals surface area contributed by atoms with Crippen LogP contribution in [0.25, 0.3) is 11.4 Å². The van der Waals surface area contributed by atoms with Gasteiger partial charge in [-0.15, -0.1) is 10.2 Å². The number of amides is 1. The Hall–Kier alpha value is -2.02. The maximum absolute atomic E-state index is 12.3. The first kappa shape index (κ1) is 19.7. The summed E-state index contributed by atoms with van der Waals surface area (Å²) in [7, 11) is 0. The Morgan fingerprint density at radius 3 is 2.41 bits per heavy atom. The molecule has 27 heavy (non-hydrogen) atoms. The molecule has 0 aliphatic rings. The first-order valence-corrected chi connectivity index (χ1v) is 10.1. The van der Waals surface area contributed by atoms with Crippen molar-refractivity contribution in [2.24, 2.45) is 0 Å². The molecule has 0 saturated heterocycles. The summed E-state index contributed by atoms with van der Waals surface area (Å²) in [6.07, 6.45) is 0. The molecule has 8 heteroatoms. The second kappa shape index (κ2) is 8.78. The van der Waals surface area contributed by atoms with Crippen LogP contribution < -0.4 is 5.32 Å². The molecule has 5 nitrogen and oxygen atoms in total. The third kappa shape index (κ3) is 4.64. The number of benzene rings is 2. The Labute approximate surface area is 172 Å². The van der Waals surface area contributed by atoms with E-state index in [0.717, 1.165) is 11.4 Å². The molecule has 0 bridgehead atoms. The smallest absolute Gasteiger partial charge is 0.234 e. The van der Waals surface area contributed by atoms with E-state index >= 15 is 0 Å². The molecule has 0 atom stereocenters. The maximum Gasteiger partial charge on any atom is 0.234 e. The molecular weight excluding hydrogens is 403 g/mol. The molecule has 140 valence electrons. The molecule has 0 unspecified atom stereocenters. The van der Waals surface area contributed by atoms with Crippen LogP contribution in [0.4, 0.5) is 5.69 Å². The first-order chi connectivity index (χ1) is 13.0. The number of aryl methyl sites for hydroxylation is 1. The fraction of sp³-hybridized carbons (Fsp3) is 0.211. The molecule has 1 amide bonds. The predicted molar refractivity (Wildman–Crippen MR) is 112 cm³/mol. The van der Waals surface area contributed by atoms with Crippen molar-refractivity contribution in [1.82, 2.24) is 14.8 Å². The number of para-hydroxylation sites is 1. The van der Waals surface area contributed by atoms with E-state index in [9.17, 15) is 4.79 Å². The zero-order valence-electron chi connectivity index (χ0n) is 14.9. The Morgan fingerprint density at radius 2 is 1.78 bits per heavy atom. The molecule has 3 aromatic rings. The van der Waals surface area contributed by atoms with Crippen molar-refractivity contribution in [3.8, 4) is 11.4 Å². The third-order valence-corrected chi connectivity index (χ3v) is 5.50. The molecule has 0 spiro atoms. The molecule has 1 aromatic heterocycles. The number of hydrogen-bond acceptors (Lipinski definition) is 4. The van der Waals surface area contributed by atoms with E-state index in [4.69, 9.17) is 23.2 Å². The molecule has 0 saturated carbocycles. The van der Waals surface area contributed by atoms with Crippen molar-refractivity contribution in [2.75, 3.05) is 11.1 Å². The Morgan fingerprint density at radius 1 is 1.11 bits per heavy atom. The van der Waals surface area contributed by atoms with E-state index in [2.05, 4.69) is 15.5 Å². The SMILES string of the molecule is CCn1c(SCC(=O)Nc2c(Cl)cccc2Cl)nnc1-c1ccc(C)cc1. The van der Waals surface area contributed by atoms with Crippen LogP contribution >= 0.6 is 35.0 Å². The van der Waals surface area contributed by atoms with Gasteiger partial charge in [0.25, 0.3) is 0 Å². The minimum Gasteiger partial charge on any atom is -0.323 e. The highest BCUT2D eigenvalue weighted by atomic mass is 35.5. The van der Waals surface area contributed by atoms with Gasteiger partial charge in [-0.25, -0.2) is 0 Å². The van der Waals surface area contributed by atoms with E-state index in [1.807, 2.05) is 42.7 Å². The van der Waals surface area contributed by atoms with Crippen LogP contribution in [-0.2, 0) is 11.3 Å². The van der Waals surface area contributed by atoms with Crippen LogP contribution in [0.5, 0.6) is 0 Å². The fourth-order valence-corrected chi connectivity index (χ4v) is 3.81. The minimum atomic E-state index is -0.211. The van der Waals surface area contributed by atoms with Gasteiger partial charge in [0, 0.05) is 12.1 Å². The lowest BCUT2D eigenvalue weighted by Crippen LogP contribution is -2.15. The quantitative estimate of drug-likeness (QED) is 0.548. The van der Waals surface area contributed by atoms with Gasteiger partial charge in [0.2, 0.25) is 5.91 Å². The fourth-order valence-electron chi connectivity index (χ4n) is 2.52. The van der Waals surface area contributed by atoms with Crippen LogP contribution in [0.2, 0.25) is 10.0 Å². The molecular formula is C19H18Cl2N4OS. The summed E-state index contributed by atoms with van der Waals surface area (Å²) < 4.78 is 1.99. The van der Waals surface area contributed by atoms with Crippen molar-refractivity contribution < 1.29 is 4.79 Å². The molecule has 0 radical (unpaired) electrons. The number of anilines is 1. The summed E-state index contributed by atoms with van der Waals surface area (Å²) in [5, 5.41) is 12.8. The van der Waals surface area contributed by atoms with Crippen molar-refractivity contribution in [1.29, 1.82) is 0 Å². The number of nitrogens with zero attached hydrogens (tertiary/aromatic N) is 3. The zero-order chi connectivity index (χ0) is 19.4. The molecule has 0 aliphatic heterocycles. The number of carbonyl (C=O) groups excluding carboxylic acids is 1. The van der Waals surface area contributed by atoms with E-state index in [-0.39, 0.29) is 11.7 Å². The summed E-state index contributed by atoms with van der Waals surface area (Å²) >= 11 is 13.5. The third-order valence-electron chi connectivity index (χ3n) is 3.90. The first-order valence-electron chi connectivity index (χ1n) is 8.36. The number of carbonyl (C=O) groups is 1. The van der Waals surface area contributed by atoms with Gasteiger partial charge in [0.15, 0.2) is 11.0 Å². The number of thioether (sulfide) groups is 1. The maximum atomic E-state index is 12.3. The van der Waals surface area contributed by atoms with Crippen LogP contribution in [0.1, 0.15) is 12.5 Å². The number of aromatic nitrogens is 3. The van der Waals surface area contributed by atoms with Gasteiger partial charge in [0.05, 0.1) is 21.5 Å². The second-order valence-electron chi connectivity index (χ2n) is 5.85. The highest BCUT2D eigenvalue weighted by Crippen LogP contribution is 2.30. The van der Waals surface area contributed by atoms with Crippen molar-refractivity contribution >= 4 is 46.6 Å². The Balaban J connectivity index is 1.71. The minimum absolute atomic E-state index is 0.174. The number of halogens is 2. The predicted octanol–water partition coefficient (Wildman–Crippen LogP) is 5.31. The van der Waals surface area contributed by atoms with Crippen LogP contribution in [0.15, 0.2) is 47.6 Å². The van der Waals surface area contributed by atoms with Crippen molar-refractivity contribution in [3.05, 3.63) is 58.1 Å². The van der Waals surface area contributed by atoms with Gasteiger partial charge in [-0.05, 0) is 26.0 Å². The van der Waals surface area contributed by atoms with Crippen LogP contribution in [0.3, 0.4) is 0 Å². The van der Waals surface area contributed by atoms with E-state index in [1.165, 1.54) is 17.3 Å². The molecule has 0 fully saturated rings.